The number of rotatable bonds is 0. The van der Waals surface area contributed by atoms with Crippen LogP contribution in [0.25, 0.3) is 0 Å². The topological polar surface area (TPSA) is 0 Å². The van der Waals surface area contributed by atoms with Crippen molar-refractivity contribution < 1.29 is 0 Å². The van der Waals surface area contributed by atoms with E-state index >= 15 is 0 Å². The zero-order chi connectivity index (χ0) is 8.10. The van der Waals surface area contributed by atoms with Crippen LogP contribution in [0.5, 0.6) is 0 Å². The van der Waals surface area contributed by atoms with Crippen molar-refractivity contribution in [3.63, 3.8) is 0 Å². The summed E-state index contributed by atoms with van der Waals surface area (Å²) in [6, 6.07) is 8.15. The normalized spacial score (nSPS) is 8.55. The van der Waals surface area contributed by atoms with E-state index in [1.54, 1.807) is 11.8 Å². The first-order valence-corrected chi connectivity index (χ1v) is 4.66. The molecule has 0 aromatic heterocycles. The van der Waals surface area contributed by atoms with Crippen molar-refractivity contribution in [1.82, 2.24) is 0 Å². The van der Waals surface area contributed by atoms with Crippen molar-refractivity contribution in [2.24, 2.45) is 0 Å². The summed E-state index contributed by atoms with van der Waals surface area (Å²) in [7, 11) is 0. The van der Waals surface area contributed by atoms with E-state index in [1.807, 2.05) is 24.5 Å². The summed E-state index contributed by atoms with van der Waals surface area (Å²) in [5, 5.41) is 2.97. The van der Waals surface area contributed by atoms with E-state index in [4.69, 9.17) is 0 Å². The third-order valence-corrected chi connectivity index (χ3v) is 1.74. The van der Waals surface area contributed by atoms with Crippen molar-refractivity contribution in [1.29, 1.82) is 0 Å². The van der Waals surface area contributed by atoms with Crippen LogP contribution in [-0.4, -0.2) is 6.26 Å². The first-order chi connectivity index (χ1) is 5.34. The van der Waals surface area contributed by atoms with Gasteiger partial charge in [0.1, 0.15) is 0 Å². The maximum absolute atomic E-state index is 3.08. The molecule has 1 rings (SSSR count). The minimum absolute atomic E-state index is 1.13. The molecule has 1 aromatic carbocycles. The van der Waals surface area contributed by atoms with Crippen LogP contribution in [0.15, 0.2) is 24.3 Å². The van der Waals surface area contributed by atoms with E-state index in [2.05, 4.69) is 24.2 Å². The number of aryl methyl sites for hydroxylation is 1. The van der Waals surface area contributed by atoms with Gasteiger partial charge < -0.3 is 0 Å². The van der Waals surface area contributed by atoms with Gasteiger partial charge in [-0.25, -0.2) is 0 Å². The van der Waals surface area contributed by atoms with Crippen molar-refractivity contribution in [3.8, 4) is 11.2 Å². The molecular formula is C10H10S. The van der Waals surface area contributed by atoms with Gasteiger partial charge in [-0.1, -0.05) is 35.9 Å². The van der Waals surface area contributed by atoms with Crippen LogP contribution in [0, 0.1) is 18.1 Å². The molecule has 0 aliphatic carbocycles. The van der Waals surface area contributed by atoms with Gasteiger partial charge in [0.2, 0.25) is 0 Å². The molecule has 0 atom stereocenters. The third-order valence-electron chi connectivity index (χ3n) is 1.43. The lowest BCUT2D eigenvalue weighted by molar-refractivity contribution is 1.44. The molecule has 0 saturated carbocycles. The summed E-state index contributed by atoms with van der Waals surface area (Å²) in [5.74, 6) is 3.08. The minimum atomic E-state index is 1.13. The van der Waals surface area contributed by atoms with Gasteiger partial charge in [0, 0.05) is 5.56 Å². The summed E-state index contributed by atoms with van der Waals surface area (Å²) in [6.45, 7) is 2.07. The van der Waals surface area contributed by atoms with Crippen molar-refractivity contribution in [3.05, 3.63) is 35.4 Å². The first-order valence-electron chi connectivity index (χ1n) is 3.44. The van der Waals surface area contributed by atoms with E-state index in [-0.39, 0.29) is 0 Å². The highest BCUT2D eigenvalue weighted by atomic mass is 32.2. The zero-order valence-electron chi connectivity index (χ0n) is 6.72. The Morgan fingerprint density at radius 2 is 2.00 bits per heavy atom. The predicted octanol–water partition coefficient (Wildman–Crippen LogP) is 2.67. The Bertz CT molecular complexity index is 291. The van der Waals surface area contributed by atoms with E-state index < -0.39 is 0 Å². The zero-order valence-corrected chi connectivity index (χ0v) is 7.53. The highest BCUT2D eigenvalue weighted by molar-refractivity contribution is 8.03. The van der Waals surface area contributed by atoms with Gasteiger partial charge in [0.15, 0.2) is 0 Å². The fraction of sp³-hybridized carbons (Fsp3) is 0.200. The molecule has 1 aromatic rings. The number of hydrogen-bond donors (Lipinski definition) is 0. The van der Waals surface area contributed by atoms with E-state index in [0.29, 0.717) is 0 Å². The van der Waals surface area contributed by atoms with Crippen molar-refractivity contribution >= 4 is 11.8 Å². The molecule has 0 N–H and O–H groups in total. The van der Waals surface area contributed by atoms with Crippen LogP contribution in [0.2, 0.25) is 0 Å². The Balaban J connectivity index is 2.95. The van der Waals surface area contributed by atoms with Gasteiger partial charge >= 0.3 is 0 Å². The van der Waals surface area contributed by atoms with E-state index in [9.17, 15) is 0 Å². The summed E-state index contributed by atoms with van der Waals surface area (Å²) < 4.78 is 0. The molecule has 0 nitrogen and oxygen atoms in total. The van der Waals surface area contributed by atoms with Gasteiger partial charge in [-0.2, -0.15) is 0 Å². The molecule has 0 aliphatic rings. The summed E-state index contributed by atoms with van der Waals surface area (Å²) >= 11 is 1.54. The minimum Gasteiger partial charge on any atom is -0.0781 e. The quantitative estimate of drug-likeness (QED) is 0.528. The molecule has 0 heterocycles. The molecule has 1 heteroatoms. The number of thioether (sulfide) groups is 1. The maximum Gasteiger partial charge on any atom is 0.0283 e. The molecule has 0 spiro atoms. The van der Waals surface area contributed by atoms with E-state index in [0.717, 1.165) is 5.56 Å². The highest BCUT2D eigenvalue weighted by Gasteiger charge is 1.88. The second kappa shape index (κ2) is 4.10. The monoisotopic (exact) mass is 162 g/mol. The van der Waals surface area contributed by atoms with Crippen LogP contribution in [0.4, 0.5) is 0 Å². The van der Waals surface area contributed by atoms with Crippen LogP contribution < -0.4 is 0 Å². The summed E-state index contributed by atoms with van der Waals surface area (Å²) in [6.07, 6.45) is 1.98. The molecule has 0 unspecified atom stereocenters. The van der Waals surface area contributed by atoms with Crippen LogP contribution in [0.1, 0.15) is 11.1 Å². The Morgan fingerprint density at radius 1 is 1.27 bits per heavy atom. The van der Waals surface area contributed by atoms with Crippen LogP contribution in [0.3, 0.4) is 0 Å². The standard InChI is InChI=1S/C10H10S/c1-9-5-3-4-6-10(9)7-8-11-2/h3-6H,1-2H3. The van der Waals surface area contributed by atoms with Gasteiger partial charge in [0.05, 0.1) is 0 Å². The lowest BCUT2D eigenvalue weighted by Gasteiger charge is -1.93. The Labute approximate surface area is 72.0 Å². The second-order valence-electron chi connectivity index (χ2n) is 2.25. The van der Waals surface area contributed by atoms with Crippen molar-refractivity contribution in [2.45, 2.75) is 6.92 Å². The Hall–Kier alpha value is -0.870. The molecule has 11 heavy (non-hydrogen) atoms. The Kier molecular flexibility index (Phi) is 3.07. The van der Waals surface area contributed by atoms with Crippen LogP contribution in [-0.2, 0) is 0 Å². The highest BCUT2D eigenvalue weighted by Crippen LogP contribution is 2.04. The van der Waals surface area contributed by atoms with Crippen LogP contribution >= 0.6 is 11.8 Å². The number of hydrogen-bond acceptors (Lipinski definition) is 1. The van der Waals surface area contributed by atoms with Crippen molar-refractivity contribution in [2.75, 3.05) is 6.26 Å². The fourth-order valence-corrected chi connectivity index (χ4v) is 1.03. The molecule has 56 valence electrons. The van der Waals surface area contributed by atoms with Gasteiger partial charge in [-0.15, -0.1) is 0 Å². The first kappa shape index (κ1) is 8.23. The van der Waals surface area contributed by atoms with Gasteiger partial charge in [0.25, 0.3) is 0 Å². The molecule has 0 radical (unpaired) electrons. The third kappa shape index (κ3) is 2.32. The molecule has 0 fully saturated rings. The predicted molar refractivity (Wildman–Crippen MR) is 51.6 cm³/mol. The molecule has 0 aliphatic heterocycles. The summed E-state index contributed by atoms with van der Waals surface area (Å²) in [4.78, 5) is 0. The summed E-state index contributed by atoms with van der Waals surface area (Å²) in [5.41, 5.74) is 2.37. The molecule has 0 amide bonds. The van der Waals surface area contributed by atoms with Gasteiger partial charge in [-0.3, -0.25) is 0 Å². The smallest absolute Gasteiger partial charge is 0.0283 e. The fourth-order valence-electron chi connectivity index (χ4n) is 0.819. The maximum atomic E-state index is 3.08. The lowest BCUT2D eigenvalue weighted by Crippen LogP contribution is -1.78. The average Bonchev–Trinajstić information content (AvgIpc) is 2.03. The molecule has 0 bridgehead atoms. The van der Waals surface area contributed by atoms with E-state index in [1.165, 1.54) is 5.56 Å². The SMILES string of the molecule is CSC#Cc1ccccc1C. The average molecular weight is 162 g/mol. The second-order valence-corrected chi connectivity index (χ2v) is 2.86. The lowest BCUT2D eigenvalue weighted by atomic mass is 10.1. The molecular weight excluding hydrogens is 152 g/mol. The number of benzene rings is 1. The Morgan fingerprint density at radius 3 is 2.64 bits per heavy atom. The molecule has 0 saturated heterocycles. The largest absolute Gasteiger partial charge is 0.0781 e. The van der Waals surface area contributed by atoms with Gasteiger partial charge in [-0.05, 0) is 30.1 Å².